The van der Waals surface area contributed by atoms with Crippen molar-refractivity contribution in [2.75, 3.05) is 0 Å². The van der Waals surface area contributed by atoms with Crippen molar-refractivity contribution < 1.29 is 9.84 Å². The zero-order chi connectivity index (χ0) is 13.2. The highest BCUT2D eigenvalue weighted by Gasteiger charge is 2.14. The third kappa shape index (κ3) is 3.62. The van der Waals surface area contributed by atoms with Crippen LogP contribution in [0.25, 0.3) is 0 Å². The number of hydrogen-bond acceptors (Lipinski definition) is 2. The first-order valence-electron chi connectivity index (χ1n) is 5.97. The topological polar surface area (TPSA) is 29.5 Å². The van der Waals surface area contributed by atoms with E-state index in [1.165, 1.54) is 0 Å². The lowest BCUT2D eigenvalue weighted by molar-refractivity contribution is 0.0599. The summed E-state index contributed by atoms with van der Waals surface area (Å²) in [5, 5.41) is 10.2. The Balaban J connectivity index is 3.03. The highest BCUT2D eigenvalue weighted by molar-refractivity contribution is 6.31. The average Bonchev–Trinajstić information content (AvgIpc) is 2.21. The summed E-state index contributed by atoms with van der Waals surface area (Å²) in [4.78, 5) is 0. The molecule has 2 nitrogen and oxygen atoms in total. The number of benzene rings is 1. The van der Waals surface area contributed by atoms with Crippen LogP contribution in [0.2, 0.25) is 5.02 Å². The third-order valence-electron chi connectivity index (χ3n) is 2.91. The van der Waals surface area contributed by atoms with E-state index in [2.05, 4.69) is 13.8 Å². The Morgan fingerprint density at radius 1 is 1.18 bits per heavy atom. The smallest absolute Gasteiger partial charge is 0.123 e. The van der Waals surface area contributed by atoms with Crippen molar-refractivity contribution in [1.29, 1.82) is 0 Å². The molecule has 0 fully saturated rings. The van der Waals surface area contributed by atoms with Crippen LogP contribution in [0.15, 0.2) is 12.1 Å². The van der Waals surface area contributed by atoms with Gasteiger partial charge in [-0.1, -0.05) is 25.4 Å². The van der Waals surface area contributed by atoms with Crippen LogP contribution in [0.1, 0.15) is 44.7 Å². The number of aliphatic hydroxyl groups is 1. The van der Waals surface area contributed by atoms with Crippen LogP contribution < -0.4 is 4.74 Å². The van der Waals surface area contributed by atoms with E-state index in [9.17, 15) is 5.11 Å². The summed E-state index contributed by atoms with van der Waals surface area (Å²) in [6.45, 7) is 9.73. The summed E-state index contributed by atoms with van der Waals surface area (Å²) >= 11 is 6.19. The van der Waals surface area contributed by atoms with Crippen LogP contribution in [0.5, 0.6) is 5.75 Å². The maximum Gasteiger partial charge on any atom is 0.123 e. The maximum absolute atomic E-state index is 9.46. The predicted octanol–water partition coefficient (Wildman–Crippen LogP) is 3.92. The summed E-state index contributed by atoms with van der Waals surface area (Å²) in [5.74, 6) is 1.15. The first kappa shape index (κ1) is 14.3. The monoisotopic (exact) mass is 256 g/mol. The van der Waals surface area contributed by atoms with Crippen LogP contribution in [0.3, 0.4) is 0 Å². The summed E-state index contributed by atoms with van der Waals surface area (Å²) in [6.07, 6.45) is -0.720. The Morgan fingerprint density at radius 3 is 2.24 bits per heavy atom. The minimum Gasteiger partial charge on any atom is -0.488 e. The fraction of sp³-hybridized carbons (Fsp3) is 0.571. The molecule has 1 aromatic carbocycles. The molecule has 0 aromatic heterocycles. The second-order valence-electron chi connectivity index (χ2n) is 4.86. The van der Waals surface area contributed by atoms with Gasteiger partial charge in [0.1, 0.15) is 11.9 Å². The molecule has 2 unspecified atom stereocenters. The van der Waals surface area contributed by atoms with E-state index in [1.54, 1.807) is 6.92 Å². The van der Waals surface area contributed by atoms with Gasteiger partial charge in [0.2, 0.25) is 0 Å². The molecule has 3 heteroatoms. The number of aryl methyl sites for hydroxylation is 1. The lowest BCUT2D eigenvalue weighted by Crippen LogP contribution is -2.25. The molecule has 1 rings (SSSR count). The Bertz CT molecular complexity index is 386. The largest absolute Gasteiger partial charge is 0.488 e. The van der Waals surface area contributed by atoms with E-state index in [-0.39, 0.29) is 6.10 Å². The van der Waals surface area contributed by atoms with Crippen molar-refractivity contribution in [3.05, 3.63) is 28.3 Å². The fourth-order valence-electron chi connectivity index (χ4n) is 1.54. The summed E-state index contributed by atoms with van der Waals surface area (Å²) in [6, 6.07) is 3.89. The lowest BCUT2D eigenvalue weighted by Gasteiger charge is -2.20. The van der Waals surface area contributed by atoms with Crippen molar-refractivity contribution >= 4 is 11.6 Å². The molecule has 0 aliphatic rings. The number of halogens is 1. The second kappa shape index (κ2) is 5.74. The minimum absolute atomic E-state index is 0.227. The Morgan fingerprint density at radius 2 is 1.76 bits per heavy atom. The quantitative estimate of drug-likeness (QED) is 0.885. The van der Waals surface area contributed by atoms with Crippen LogP contribution in [0, 0.1) is 6.92 Å². The number of hydrogen-bond donors (Lipinski definition) is 1. The molecule has 0 spiro atoms. The van der Waals surface area contributed by atoms with Gasteiger partial charge in [0.25, 0.3) is 0 Å². The highest BCUT2D eigenvalue weighted by atomic mass is 35.5. The molecule has 0 bridgehead atoms. The van der Waals surface area contributed by atoms with Crippen LogP contribution >= 0.6 is 11.6 Å². The Hall–Kier alpha value is -0.730. The summed E-state index contributed by atoms with van der Waals surface area (Å²) in [5.41, 5.74) is 2.07. The minimum atomic E-state index is -0.493. The summed E-state index contributed by atoms with van der Waals surface area (Å²) < 4.78 is 5.74. The highest BCUT2D eigenvalue weighted by Crippen LogP contribution is 2.32. The number of aliphatic hydroxyl groups excluding tert-OH is 1. The van der Waals surface area contributed by atoms with Crippen LogP contribution in [-0.4, -0.2) is 17.3 Å². The van der Waals surface area contributed by atoms with Gasteiger partial charge in [-0.2, -0.15) is 0 Å². The van der Waals surface area contributed by atoms with Gasteiger partial charge >= 0.3 is 0 Å². The van der Waals surface area contributed by atoms with Gasteiger partial charge in [-0.25, -0.2) is 0 Å². The van der Waals surface area contributed by atoms with E-state index in [0.717, 1.165) is 21.9 Å². The molecule has 0 amide bonds. The predicted molar refractivity (Wildman–Crippen MR) is 72.0 cm³/mol. The number of rotatable bonds is 4. The van der Waals surface area contributed by atoms with Gasteiger partial charge in [-0.3, -0.25) is 0 Å². The van der Waals surface area contributed by atoms with Gasteiger partial charge in [-0.05, 0) is 49.9 Å². The second-order valence-corrected chi connectivity index (χ2v) is 5.26. The normalized spacial score (nSPS) is 14.8. The summed E-state index contributed by atoms with van der Waals surface area (Å²) in [7, 11) is 0. The SMILES string of the molecule is Cc1cc(Cl)c(C(C)C)cc1OC(C)C(C)O. The molecule has 0 radical (unpaired) electrons. The molecule has 0 aliphatic carbocycles. The van der Waals surface area contributed by atoms with Crippen molar-refractivity contribution in [1.82, 2.24) is 0 Å². The molecule has 1 N–H and O–H groups in total. The van der Waals surface area contributed by atoms with Gasteiger partial charge in [0.15, 0.2) is 0 Å². The molecule has 17 heavy (non-hydrogen) atoms. The van der Waals surface area contributed by atoms with E-state index < -0.39 is 6.10 Å². The van der Waals surface area contributed by atoms with Crippen LogP contribution in [0.4, 0.5) is 0 Å². The van der Waals surface area contributed by atoms with E-state index in [4.69, 9.17) is 16.3 Å². The van der Waals surface area contributed by atoms with Crippen molar-refractivity contribution in [3.8, 4) is 5.75 Å². The van der Waals surface area contributed by atoms with Gasteiger partial charge < -0.3 is 9.84 Å². The van der Waals surface area contributed by atoms with E-state index in [0.29, 0.717) is 5.92 Å². The zero-order valence-electron chi connectivity index (χ0n) is 11.1. The Kier molecular flexibility index (Phi) is 4.84. The molecule has 0 aliphatic heterocycles. The molecular formula is C14H21ClO2. The van der Waals surface area contributed by atoms with Crippen molar-refractivity contribution in [3.63, 3.8) is 0 Å². The third-order valence-corrected chi connectivity index (χ3v) is 3.24. The molecule has 0 saturated heterocycles. The molecule has 96 valence electrons. The fourth-order valence-corrected chi connectivity index (χ4v) is 1.97. The van der Waals surface area contributed by atoms with E-state index in [1.807, 2.05) is 26.0 Å². The molecule has 2 atom stereocenters. The van der Waals surface area contributed by atoms with E-state index >= 15 is 0 Å². The molecule has 0 heterocycles. The van der Waals surface area contributed by atoms with Gasteiger partial charge in [-0.15, -0.1) is 0 Å². The molecule has 0 saturated carbocycles. The Labute approximate surface area is 109 Å². The average molecular weight is 257 g/mol. The standard InChI is InChI=1S/C14H21ClO2/c1-8(2)12-7-14(9(3)6-13(12)15)17-11(5)10(4)16/h6-8,10-11,16H,1-5H3. The number of ether oxygens (including phenoxy) is 1. The van der Waals surface area contributed by atoms with Gasteiger partial charge in [0.05, 0.1) is 6.10 Å². The molecular weight excluding hydrogens is 236 g/mol. The zero-order valence-corrected chi connectivity index (χ0v) is 11.9. The first-order valence-corrected chi connectivity index (χ1v) is 6.35. The van der Waals surface area contributed by atoms with Crippen molar-refractivity contribution in [2.45, 2.75) is 52.7 Å². The van der Waals surface area contributed by atoms with Crippen LogP contribution in [-0.2, 0) is 0 Å². The molecule has 1 aromatic rings. The first-order chi connectivity index (χ1) is 7.82. The maximum atomic E-state index is 9.46. The van der Waals surface area contributed by atoms with Gasteiger partial charge in [0, 0.05) is 5.02 Å². The van der Waals surface area contributed by atoms with Crippen molar-refractivity contribution in [2.24, 2.45) is 0 Å². The lowest BCUT2D eigenvalue weighted by atomic mass is 10.0.